The maximum absolute atomic E-state index is 10.8. The monoisotopic (exact) mass is 220 g/mol. The second kappa shape index (κ2) is 5.09. The summed E-state index contributed by atoms with van der Waals surface area (Å²) < 4.78 is 0. The predicted octanol–water partition coefficient (Wildman–Crippen LogP) is 0.861. The molecular formula is C10H12N4O2. The van der Waals surface area contributed by atoms with Crippen LogP contribution in [0.3, 0.4) is 0 Å². The Hall–Kier alpha value is -2.13. The summed E-state index contributed by atoms with van der Waals surface area (Å²) in [6.07, 6.45) is 0. The summed E-state index contributed by atoms with van der Waals surface area (Å²) in [5, 5.41) is 19.5. The predicted molar refractivity (Wildman–Crippen MR) is 60.1 cm³/mol. The first-order chi connectivity index (χ1) is 7.60. The topological polar surface area (TPSA) is 96.2 Å². The number of rotatable bonds is 4. The first kappa shape index (κ1) is 11.9. The number of nitro groups is 1. The van der Waals surface area contributed by atoms with Crippen LogP contribution in [0, 0.1) is 21.4 Å². The fourth-order valence-electron chi connectivity index (χ4n) is 1.38. The summed E-state index contributed by atoms with van der Waals surface area (Å²) in [7, 11) is 1.72. The zero-order chi connectivity index (χ0) is 12.1. The van der Waals surface area contributed by atoms with Gasteiger partial charge in [0.1, 0.15) is 5.69 Å². The first-order valence-electron chi connectivity index (χ1n) is 4.70. The van der Waals surface area contributed by atoms with Crippen LogP contribution in [0.2, 0.25) is 0 Å². The van der Waals surface area contributed by atoms with Crippen molar-refractivity contribution in [1.82, 2.24) is 0 Å². The van der Waals surface area contributed by atoms with Gasteiger partial charge in [0, 0.05) is 26.2 Å². The molecule has 0 aromatic heterocycles. The van der Waals surface area contributed by atoms with E-state index in [1.807, 2.05) is 6.07 Å². The molecule has 0 radical (unpaired) electrons. The Kier molecular flexibility index (Phi) is 3.80. The van der Waals surface area contributed by atoms with Crippen LogP contribution < -0.4 is 10.6 Å². The molecule has 0 heterocycles. The van der Waals surface area contributed by atoms with E-state index in [0.717, 1.165) is 0 Å². The normalized spacial score (nSPS) is 9.56. The van der Waals surface area contributed by atoms with Crippen LogP contribution in [0.15, 0.2) is 18.2 Å². The number of benzene rings is 1. The van der Waals surface area contributed by atoms with Gasteiger partial charge in [0.05, 0.1) is 16.6 Å². The summed E-state index contributed by atoms with van der Waals surface area (Å²) in [5.74, 6) is 0. The van der Waals surface area contributed by atoms with Crippen LogP contribution in [-0.2, 0) is 0 Å². The van der Waals surface area contributed by atoms with E-state index in [9.17, 15) is 10.1 Å². The van der Waals surface area contributed by atoms with Crippen LogP contribution in [-0.4, -0.2) is 25.1 Å². The Bertz CT molecular complexity index is 439. The minimum absolute atomic E-state index is 0.0741. The van der Waals surface area contributed by atoms with Crippen LogP contribution >= 0.6 is 0 Å². The summed E-state index contributed by atoms with van der Waals surface area (Å²) in [4.78, 5) is 12.0. The van der Waals surface area contributed by atoms with Crippen molar-refractivity contribution in [3.05, 3.63) is 33.9 Å². The molecule has 0 aliphatic carbocycles. The number of hydrogen-bond donors (Lipinski definition) is 1. The van der Waals surface area contributed by atoms with E-state index < -0.39 is 4.92 Å². The fourth-order valence-corrected chi connectivity index (χ4v) is 1.38. The molecule has 1 aromatic carbocycles. The van der Waals surface area contributed by atoms with Gasteiger partial charge in [-0.2, -0.15) is 5.26 Å². The van der Waals surface area contributed by atoms with Crippen molar-refractivity contribution in [2.24, 2.45) is 5.73 Å². The van der Waals surface area contributed by atoms with Gasteiger partial charge in [-0.3, -0.25) is 10.1 Å². The van der Waals surface area contributed by atoms with E-state index in [0.29, 0.717) is 18.8 Å². The Labute approximate surface area is 93.0 Å². The molecule has 0 aliphatic rings. The molecule has 0 atom stereocenters. The van der Waals surface area contributed by atoms with Crippen molar-refractivity contribution in [1.29, 1.82) is 5.26 Å². The number of hydrogen-bond acceptors (Lipinski definition) is 5. The molecule has 0 saturated carbocycles. The van der Waals surface area contributed by atoms with Crippen molar-refractivity contribution in [2.45, 2.75) is 0 Å². The third-order valence-corrected chi connectivity index (χ3v) is 2.18. The van der Waals surface area contributed by atoms with Gasteiger partial charge in [0.25, 0.3) is 5.69 Å². The summed E-state index contributed by atoms with van der Waals surface area (Å²) in [5.41, 5.74) is 6.05. The molecule has 0 amide bonds. The fraction of sp³-hybridized carbons (Fsp3) is 0.300. The van der Waals surface area contributed by atoms with Gasteiger partial charge in [0.15, 0.2) is 0 Å². The quantitative estimate of drug-likeness (QED) is 0.599. The lowest BCUT2D eigenvalue weighted by atomic mass is 10.2. The van der Waals surface area contributed by atoms with Crippen LogP contribution in [0.4, 0.5) is 11.4 Å². The van der Waals surface area contributed by atoms with Crippen LogP contribution in [0.25, 0.3) is 0 Å². The standard InChI is InChI=1S/C10H12N4O2/c1-13(5-4-11)9-3-2-8(7-12)6-10(9)14(15)16/h2-3,6H,4-5,11H2,1H3. The highest BCUT2D eigenvalue weighted by Crippen LogP contribution is 2.27. The number of nitrogens with two attached hydrogens (primary N) is 1. The van der Waals surface area contributed by atoms with E-state index in [-0.39, 0.29) is 11.3 Å². The Morgan fingerprint density at radius 1 is 1.62 bits per heavy atom. The molecule has 0 bridgehead atoms. The second-order valence-electron chi connectivity index (χ2n) is 3.28. The van der Waals surface area contributed by atoms with Crippen molar-refractivity contribution in [3.63, 3.8) is 0 Å². The average molecular weight is 220 g/mol. The molecule has 6 nitrogen and oxygen atoms in total. The second-order valence-corrected chi connectivity index (χ2v) is 3.28. The summed E-state index contributed by atoms with van der Waals surface area (Å²) in [6, 6.07) is 6.25. The smallest absolute Gasteiger partial charge is 0.293 e. The van der Waals surface area contributed by atoms with Gasteiger partial charge in [-0.15, -0.1) is 0 Å². The zero-order valence-electron chi connectivity index (χ0n) is 8.88. The van der Waals surface area contributed by atoms with Crippen LogP contribution in [0.1, 0.15) is 5.56 Å². The van der Waals surface area contributed by atoms with Crippen molar-refractivity contribution >= 4 is 11.4 Å². The Morgan fingerprint density at radius 3 is 2.81 bits per heavy atom. The molecule has 0 fully saturated rings. The van der Waals surface area contributed by atoms with Gasteiger partial charge in [-0.1, -0.05) is 0 Å². The number of nitrogens with zero attached hydrogens (tertiary/aromatic N) is 3. The van der Waals surface area contributed by atoms with E-state index in [1.54, 1.807) is 24.1 Å². The lowest BCUT2D eigenvalue weighted by molar-refractivity contribution is -0.384. The first-order valence-corrected chi connectivity index (χ1v) is 4.70. The largest absolute Gasteiger partial charge is 0.368 e. The molecule has 84 valence electrons. The van der Waals surface area contributed by atoms with Crippen molar-refractivity contribution in [2.75, 3.05) is 25.0 Å². The lowest BCUT2D eigenvalue weighted by Crippen LogP contribution is -2.25. The molecule has 1 rings (SSSR count). The van der Waals surface area contributed by atoms with E-state index in [2.05, 4.69) is 0 Å². The maximum Gasteiger partial charge on any atom is 0.293 e. The molecular weight excluding hydrogens is 208 g/mol. The highest BCUT2D eigenvalue weighted by molar-refractivity contribution is 5.65. The molecule has 0 saturated heterocycles. The third kappa shape index (κ3) is 2.46. The molecule has 16 heavy (non-hydrogen) atoms. The Morgan fingerprint density at radius 2 is 2.31 bits per heavy atom. The minimum Gasteiger partial charge on any atom is -0.368 e. The number of nitro benzene ring substituents is 1. The number of anilines is 1. The molecule has 0 unspecified atom stereocenters. The van der Waals surface area contributed by atoms with E-state index in [1.165, 1.54) is 6.07 Å². The molecule has 0 aliphatic heterocycles. The van der Waals surface area contributed by atoms with Crippen LogP contribution in [0.5, 0.6) is 0 Å². The molecule has 0 spiro atoms. The third-order valence-electron chi connectivity index (χ3n) is 2.18. The SMILES string of the molecule is CN(CCN)c1ccc(C#N)cc1[N+](=O)[O-]. The van der Waals surface area contributed by atoms with E-state index >= 15 is 0 Å². The van der Waals surface area contributed by atoms with Crippen molar-refractivity contribution < 1.29 is 4.92 Å². The maximum atomic E-state index is 10.8. The number of nitriles is 1. The van der Waals surface area contributed by atoms with Gasteiger partial charge in [0.2, 0.25) is 0 Å². The Balaban J connectivity index is 3.18. The van der Waals surface area contributed by atoms with Gasteiger partial charge >= 0.3 is 0 Å². The number of likely N-dealkylation sites (N-methyl/N-ethyl adjacent to an activating group) is 1. The van der Waals surface area contributed by atoms with Gasteiger partial charge in [-0.25, -0.2) is 0 Å². The van der Waals surface area contributed by atoms with Gasteiger partial charge < -0.3 is 10.6 Å². The highest BCUT2D eigenvalue weighted by Gasteiger charge is 2.17. The molecule has 2 N–H and O–H groups in total. The minimum atomic E-state index is -0.497. The van der Waals surface area contributed by atoms with E-state index in [4.69, 9.17) is 11.0 Å². The van der Waals surface area contributed by atoms with Crippen molar-refractivity contribution in [3.8, 4) is 6.07 Å². The summed E-state index contributed by atoms with van der Waals surface area (Å²) >= 11 is 0. The molecule has 6 heteroatoms. The summed E-state index contributed by atoms with van der Waals surface area (Å²) in [6.45, 7) is 0.931. The van der Waals surface area contributed by atoms with Gasteiger partial charge in [-0.05, 0) is 12.1 Å². The molecule has 1 aromatic rings. The lowest BCUT2D eigenvalue weighted by Gasteiger charge is -2.17. The average Bonchev–Trinajstić information content (AvgIpc) is 2.28. The zero-order valence-corrected chi connectivity index (χ0v) is 8.88. The highest BCUT2D eigenvalue weighted by atomic mass is 16.6.